The van der Waals surface area contributed by atoms with E-state index in [1.807, 2.05) is 0 Å². The second-order valence-electron chi connectivity index (χ2n) is 2.45. The molecule has 0 aromatic rings. The summed E-state index contributed by atoms with van der Waals surface area (Å²) in [7, 11) is 0. The monoisotopic (exact) mass is 172 g/mol. The van der Waals surface area contributed by atoms with Crippen LogP contribution in [-0.2, 0) is 4.79 Å². The number of hydrogen-bond acceptors (Lipinski definition) is 3. The van der Waals surface area contributed by atoms with E-state index in [-0.39, 0.29) is 0 Å². The molecular formula is C8H16N2O2. The second-order valence-corrected chi connectivity index (χ2v) is 2.45. The van der Waals surface area contributed by atoms with Gasteiger partial charge in [0, 0.05) is 18.8 Å². The molecule has 4 heteroatoms. The number of carbonyl (C=O) groups is 1. The average Bonchev–Trinajstić information content (AvgIpc) is 2.02. The van der Waals surface area contributed by atoms with E-state index >= 15 is 0 Å². The van der Waals surface area contributed by atoms with E-state index < -0.39 is 5.97 Å². The van der Waals surface area contributed by atoms with Crippen molar-refractivity contribution >= 4 is 5.97 Å². The Morgan fingerprint density at radius 1 is 1.50 bits per heavy atom. The van der Waals surface area contributed by atoms with Crippen LogP contribution in [-0.4, -0.2) is 17.6 Å². The van der Waals surface area contributed by atoms with Crippen LogP contribution in [0, 0.1) is 0 Å². The first-order valence-corrected chi connectivity index (χ1v) is 4.15. The summed E-state index contributed by atoms with van der Waals surface area (Å²) in [5, 5.41) is 8.20. The number of rotatable bonds is 7. The van der Waals surface area contributed by atoms with Crippen molar-refractivity contribution in [3.8, 4) is 0 Å². The molecule has 0 atom stereocenters. The van der Waals surface area contributed by atoms with Crippen molar-refractivity contribution in [3.63, 3.8) is 0 Å². The predicted molar refractivity (Wildman–Crippen MR) is 47.4 cm³/mol. The molecule has 0 aliphatic rings. The zero-order chi connectivity index (χ0) is 9.23. The largest absolute Gasteiger partial charge is 0.478 e. The summed E-state index contributed by atoms with van der Waals surface area (Å²) in [5.41, 5.74) is 5.54. The lowest BCUT2D eigenvalue weighted by Crippen LogP contribution is -2.27. The van der Waals surface area contributed by atoms with E-state index in [4.69, 9.17) is 5.11 Å². The van der Waals surface area contributed by atoms with Crippen LogP contribution in [0.1, 0.15) is 26.2 Å². The number of unbranched alkanes of at least 4 members (excludes halogenated alkanes) is 2. The summed E-state index contributed by atoms with van der Waals surface area (Å²) in [5.74, 6) is -0.946. The van der Waals surface area contributed by atoms with Gasteiger partial charge in [-0.1, -0.05) is 19.8 Å². The predicted octanol–water partition coefficient (Wildman–Crippen LogP) is 0.869. The van der Waals surface area contributed by atoms with Gasteiger partial charge in [0.25, 0.3) is 0 Å². The third-order valence-corrected chi connectivity index (χ3v) is 1.32. The molecule has 0 amide bonds. The first-order valence-electron chi connectivity index (χ1n) is 4.15. The van der Waals surface area contributed by atoms with E-state index in [1.54, 1.807) is 0 Å². The normalized spacial score (nSPS) is 10.4. The molecule has 0 bridgehead atoms. The van der Waals surface area contributed by atoms with Crippen molar-refractivity contribution in [1.29, 1.82) is 0 Å². The maximum Gasteiger partial charge on any atom is 0.329 e. The van der Waals surface area contributed by atoms with Crippen LogP contribution in [0.25, 0.3) is 0 Å². The molecule has 4 nitrogen and oxygen atoms in total. The Bertz CT molecular complexity index is 146. The Kier molecular flexibility index (Phi) is 7.38. The molecule has 3 N–H and O–H groups in total. The molecule has 0 spiro atoms. The van der Waals surface area contributed by atoms with Gasteiger partial charge in [-0.2, -0.15) is 0 Å². The lowest BCUT2D eigenvalue weighted by atomic mass is 10.2. The van der Waals surface area contributed by atoms with Gasteiger partial charge in [0.1, 0.15) is 0 Å². The van der Waals surface area contributed by atoms with Crippen molar-refractivity contribution < 1.29 is 9.90 Å². The Balaban J connectivity index is 3.05. The van der Waals surface area contributed by atoms with E-state index in [0.29, 0.717) is 0 Å². The number of hydrazine groups is 1. The maximum atomic E-state index is 9.98. The molecule has 70 valence electrons. The summed E-state index contributed by atoms with van der Waals surface area (Å²) >= 11 is 0. The molecule has 0 saturated heterocycles. The minimum Gasteiger partial charge on any atom is -0.478 e. The SMILES string of the molecule is CCCCCNNC=CC(=O)O. The minimum atomic E-state index is -0.946. The Labute approximate surface area is 72.6 Å². The Hall–Kier alpha value is -1.03. The van der Waals surface area contributed by atoms with Crippen molar-refractivity contribution in [2.24, 2.45) is 0 Å². The lowest BCUT2D eigenvalue weighted by molar-refractivity contribution is -0.131. The highest BCUT2D eigenvalue weighted by Crippen LogP contribution is 1.89. The average molecular weight is 172 g/mol. The molecule has 0 fully saturated rings. The zero-order valence-corrected chi connectivity index (χ0v) is 7.34. The fourth-order valence-corrected chi connectivity index (χ4v) is 0.707. The zero-order valence-electron chi connectivity index (χ0n) is 7.34. The molecule has 0 aromatic heterocycles. The van der Waals surface area contributed by atoms with Crippen molar-refractivity contribution in [2.45, 2.75) is 26.2 Å². The van der Waals surface area contributed by atoms with Crippen LogP contribution < -0.4 is 10.9 Å². The van der Waals surface area contributed by atoms with Gasteiger partial charge in [-0.15, -0.1) is 0 Å². The number of nitrogens with one attached hydrogen (secondary N) is 2. The van der Waals surface area contributed by atoms with Gasteiger partial charge >= 0.3 is 5.97 Å². The van der Waals surface area contributed by atoms with Crippen LogP contribution in [0.4, 0.5) is 0 Å². The molecule has 12 heavy (non-hydrogen) atoms. The highest BCUT2D eigenvalue weighted by Gasteiger charge is 1.84. The van der Waals surface area contributed by atoms with Crippen molar-refractivity contribution in [1.82, 2.24) is 10.9 Å². The number of aliphatic carboxylic acids is 1. The van der Waals surface area contributed by atoms with Gasteiger partial charge in [0.2, 0.25) is 0 Å². The third-order valence-electron chi connectivity index (χ3n) is 1.32. The van der Waals surface area contributed by atoms with E-state index in [9.17, 15) is 4.79 Å². The Morgan fingerprint density at radius 2 is 2.25 bits per heavy atom. The van der Waals surface area contributed by atoms with E-state index in [1.165, 1.54) is 19.0 Å². The summed E-state index contributed by atoms with van der Waals surface area (Å²) in [4.78, 5) is 9.98. The molecule has 0 aliphatic heterocycles. The quantitative estimate of drug-likeness (QED) is 0.303. The van der Waals surface area contributed by atoms with Gasteiger partial charge in [-0.25, -0.2) is 10.2 Å². The topological polar surface area (TPSA) is 61.4 Å². The van der Waals surface area contributed by atoms with Gasteiger partial charge in [0.15, 0.2) is 0 Å². The highest BCUT2D eigenvalue weighted by atomic mass is 16.4. The number of carboxylic acid groups (broad SMARTS) is 1. The van der Waals surface area contributed by atoms with Gasteiger partial charge in [-0.3, -0.25) is 0 Å². The smallest absolute Gasteiger partial charge is 0.329 e. The van der Waals surface area contributed by atoms with Crippen LogP contribution in [0.15, 0.2) is 12.3 Å². The first kappa shape index (κ1) is 11.0. The van der Waals surface area contributed by atoms with Crippen LogP contribution in [0.3, 0.4) is 0 Å². The standard InChI is InChI=1S/C8H16N2O2/c1-2-3-4-6-9-10-7-5-8(11)12/h5,7,9-10H,2-4,6H2,1H3,(H,11,12). The Morgan fingerprint density at radius 3 is 2.83 bits per heavy atom. The van der Waals surface area contributed by atoms with Crippen molar-refractivity contribution in [3.05, 3.63) is 12.3 Å². The molecule has 0 aliphatic carbocycles. The van der Waals surface area contributed by atoms with Gasteiger partial charge in [-0.05, 0) is 6.42 Å². The summed E-state index contributed by atoms with van der Waals surface area (Å²) in [6.45, 7) is 3.00. The van der Waals surface area contributed by atoms with Crippen LogP contribution in [0.2, 0.25) is 0 Å². The fraction of sp³-hybridized carbons (Fsp3) is 0.625. The molecular weight excluding hydrogens is 156 g/mol. The number of carboxylic acids is 1. The lowest BCUT2D eigenvalue weighted by Gasteiger charge is -2.01. The van der Waals surface area contributed by atoms with Crippen LogP contribution >= 0.6 is 0 Å². The minimum absolute atomic E-state index is 0.859. The van der Waals surface area contributed by atoms with Crippen molar-refractivity contribution in [2.75, 3.05) is 6.54 Å². The van der Waals surface area contributed by atoms with Gasteiger partial charge in [0.05, 0.1) is 0 Å². The second kappa shape index (κ2) is 8.07. The molecule has 0 aromatic carbocycles. The van der Waals surface area contributed by atoms with E-state index in [2.05, 4.69) is 17.8 Å². The maximum absolute atomic E-state index is 9.98. The number of hydrogen-bond donors (Lipinski definition) is 3. The highest BCUT2D eigenvalue weighted by molar-refractivity contribution is 5.79. The van der Waals surface area contributed by atoms with E-state index in [0.717, 1.165) is 19.0 Å². The molecule has 0 saturated carbocycles. The third kappa shape index (κ3) is 8.97. The summed E-state index contributed by atoms with van der Waals surface area (Å²) in [6.07, 6.45) is 5.90. The summed E-state index contributed by atoms with van der Waals surface area (Å²) < 4.78 is 0. The van der Waals surface area contributed by atoms with Crippen LogP contribution in [0.5, 0.6) is 0 Å². The molecule has 0 radical (unpaired) electrons. The molecule has 0 unspecified atom stereocenters. The summed E-state index contributed by atoms with van der Waals surface area (Å²) in [6, 6.07) is 0. The fourth-order valence-electron chi connectivity index (χ4n) is 0.707. The molecule has 0 rings (SSSR count). The molecule has 0 heterocycles. The first-order chi connectivity index (χ1) is 5.77. The van der Waals surface area contributed by atoms with Gasteiger partial charge < -0.3 is 10.5 Å².